The van der Waals surface area contributed by atoms with Gasteiger partial charge in [0.1, 0.15) is 6.29 Å². The van der Waals surface area contributed by atoms with Gasteiger partial charge < -0.3 is 36.3 Å². The number of benzene rings is 5. The number of anilines is 2. The van der Waals surface area contributed by atoms with Crippen LogP contribution in [0.25, 0.3) is 11.1 Å². The van der Waals surface area contributed by atoms with E-state index in [-0.39, 0.29) is 35.8 Å². The number of aliphatic hydroxyl groups excluding tert-OH is 1. The van der Waals surface area contributed by atoms with Gasteiger partial charge in [0.15, 0.2) is 0 Å². The molecular weight excluding hydrogens is 830 g/mol. The van der Waals surface area contributed by atoms with E-state index in [1.165, 1.54) is 12.1 Å². The van der Waals surface area contributed by atoms with Gasteiger partial charge in [-0.2, -0.15) is 0 Å². The molecule has 0 aliphatic heterocycles. The van der Waals surface area contributed by atoms with Crippen LogP contribution < -0.4 is 26.0 Å². The predicted octanol–water partition coefficient (Wildman–Crippen LogP) is 7.53. The summed E-state index contributed by atoms with van der Waals surface area (Å²) in [6.45, 7) is 6.47. The number of carbonyl (C=O) groups is 2. The van der Waals surface area contributed by atoms with Crippen molar-refractivity contribution < 1.29 is 28.2 Å². The molecule has 0 aliphatic carbocycles. The Balaban J connectivity index is 1.20. The van der Waals surface area contributed by atoms with Gasteiger partial charge in [0.05, 0.1) is 16.6 Å². The van der Waals surface area contributed by atoms with Crippen LogP contribution in [0.1, 0.15) is 54.6 Å². The first-order valence-corrected chi connectivity index (χ1v) is 23.2. The molecule has 0 heterocycles. The van der Waals surface area contributed by atoms with Gasteiger partial charge in [-0.05, 0) is 122 Å². The van der Waals surface area contributed by atoms with E-state index >= 15 is 0 Å². The fourth-order valence-corrected chi connectivity index (χ4v) is 8.69. The Morgan fingerprint density at radius 3 is 2.28 bits per heavy atom. The standard InChI is InChI=1S/C47H56ClN5O6S2/c1-47(2,57)33-50-25-24-40(32-60-42-11-4-3-5-12-42)52-45-23-22-43(30-37(45)29-41(55)10-8-28-54)61(58,59)53-46(56)35-16-20-39(21-17-35)51-27-26-49-31-36-9-6-7-13-44(36)34-14-18-38(48)19-15-34/h3-7,9,11-23,28,30,40-41,49-52,55,57H,8,10,24-27,29,31-33H2,1-2H3,(H,53,56)/t40-,41?/m1/s1. The molecule has 0 aromatic heterocycles. The first-order valence-electron chi connectivity index (χ1n) is 20.4. The number of rotatable bonds is 25. The molecule has 5 aromatic rings. The van der Waals surface area contributed by atoms with E-state index in [0.717, 1.165) is 33.6 Å². The predicted molar refractivity (Wildman–Crippen MR) is 248 cm³/mol. The van der Waals surface area contributed by atoms with Crippen LogP contribution in [0, 0.1) is 0 Å². The number of aliphatic hydroxyl groups is 2. The molecule has 0 fully saturated rings. The molecule has 0 aliphatic rings. The molecule has 0 radical (unpaired) electrons. The average molecular weight is 887 g/mol. The van der Waals surface area contributed by atoms with Crippen molar-refractivity contribution in [3.8, 4) is 11.1 Å². The highest BCUT2D eigenvalue weighted by Gasteiger charge is 2.23. The molecule has 7 N–H and O–H groups in total. The topological polar surface area (TPSA) is 169 Å². The Hall–Kier alpha value is -4.73. The lowest BCUT2D eigenvalue weighted by atomic mass is 10.00. The summed E-state index contributed by atoms with van der Waals surface area (Å²) in [5, 5.41) is 35.4. The number of thioether (sulfide) groups is 1. The van der Waals surface area contributed by atoms with Gasteiger partial charge in [-0.15, -0.1) is 11.8 Å². The van der Waals surface area contributed by atoms with Crippen LogP contribution >= 0.6 is 23.4 Å². The summed E-state index contributed by atoms with van der Waals surface area (Å²) in [7, 11) is -4.32. The molecule has 324 valence electrons. The zero-order chi connectivity index (χ0) is 43.7. The molecule has 1 unspecified atom stereocenters. The van der Waals surface area contributed by atoms with E-state index in [1.54, 1.807) is 55.9 Å². The van der Waals surface area contributed by atoms with E-state index in [0.29, 0.717) is 61.2 Å². The molecule has 11 nitrogen and oxygen atoms in total. The van der Waals surface area contributed by atoms with Crippen molar-refractivity contribution in [3.63, 3.8) is 0 Å². The quantitative estimate of drug-likeness (QED) is 0.0176. The van der Waals surface area contributed by atoms with Gasteiger partial charge in [-0.3, -0.25) is 4.79 Å². The van der Waals surface area contributed by atoms with E-state index in [9.17, 15) is 28.2 Å². The second-order valence-electron chi connectivity index (χ2n) is 15.4. The third-order valence-electron chi connectivity index (χ3n) is 9.73. The minimum Gasteiger partial charge on any atom is -0.393 e. The van der Waals surface area contributed by atoms with Crippen LogP contribution in [0.2, 0.25) is 5.02 Å². The Labute approximate surface area is 369 Å². The third kappa shape index (κ3) is 15.9. The van der Waals surface area contributed by atoms with Gasteiger partial charge >= 0.3 is 0 Å². The second-order valence-corrected chi connectivity index (χ2v) is 18.7. The average Bonchev–Trinajstić information content (AvgIpc) is 3.24. The van der Waals surface area contributed by atoms with Gasteiger partial charge in [0, 0.05) is 77.7 Å². The zero-order valence-electron chi connectivity index (χ0n) is 34.6. The van der Waals surface area contributed by atoms with E-state index < -0.39 is 27.6 Å². The highest BCUT2D eigenvalue weighted by atomic mass is 35.5. The lowest BCUT2D eigenvalue weighted by molar-refractivity contribution is -0.108. The molecule has 0 saturated heterocycles. The van der Waals surface area contributed by atoms with Crippen molar-refractivity contribution in [2.45, 2.75) is 73.6 Å². The van der Waals surface area contributed by atoms with Crippen LogP contribution in [0.5, 0.6) is 0 Å². The maximum atomic E-state index is 13.6. The summed E-state index contributed by atoms with van der Waals surface area (Å²) in [4.78, 5) is 25.3. The number of amides is 1. The Kier molecular flexibility index (Phi) is 18.2. The molecule has 0 spiro atoms. The molecule has 0 saturated carbocycles. The minimum atomic E-state index is -4.32. The Morgan fingerprint density at radius 1 is 0.836 bits per heavy atom. The molecular formula is C47H56ClN5O6S2. The summed E-state index contributed by atoms with van der Waals surface area (Å²) in [6.07, 6.45) is 0.986. The van der Waals surface area contributed by atoms with Crippen molar-refractivity contribution in [1.29, 1.82) is 0 Å². The fourth-order valence-electron chi connectivity index (χ4n) is 6.55. The molecule has 2 atom stereocenters. The van der Waals surface area contributed by atoms with Crippen molar-refractivity contribution >= 4 is 57.0 Å². The Bertz CT molecular complexity index is 2260. The van der Waals surface area contributed by atoms with Gasteiger partial charge in [-0.25, -0.2) is 13.1 Å². The summed E-state index contributed by atoms with van der Waals surface area (Å²) >= 11 is 7.76. The summed E-state index contributed by atoms with van der Waals surface area (Å²) < 4.78 is 29.5. The smallest absolute Gasteiger partial charge is 0.264 e. The first kappa shape index (κ1) is 47.3. The number of hydrogen-bond donors (Lipinski definition) is 7. The van der Waals surface area contributed by atoms with E-state index in [1.807, 2.05) is 66.7 Å². The van der Waals surface area contributed by atoms with Crippen molar-refractivity contribution in [1.82, 2.24) is 15.4 Å². The number of aldehydes is 1. The maximum absolute atomic E-state index is 13.6. The maximum Gasteiger partial charge on any atom is 0.264 e. The summed E-state index contributed by atoms with van der Waals surface area (Å²) in [5.74, 6) is -0.0948. The van der Waals surface area contributed by atoms with Crippen molar-refractivity contribution in [3.05, 3.63) is 143 Å². The second kappa shape index (κ2) is 23.5. The van der Waals surface area contributed by atoms with E-state index in [2.05, 4.69) is 38.1 Å². The third-order valence-corrected chi connectivity index (χ3v) is 12.5. The Morgan fingerprint density at radius 2 is 1.56 bits per heavy atom. The number of nitrogens with one attached hydrogen (secondary N) is 5. The summed E-state index contributed by atoms with van der Waals surface area (Å²) in [5.41, 5.74) is 4.65. The van der Waals surface area contributed by atoms with Gasteiger partial charge in [-0.1, -0.05) is 66.2 Å². The lowest BCUT2D eigenvalue weighted by Crippen LogP contribution is -2.37. The number of halogens is 1. The van der Waals surface area contributed by atoms with Crippen LogP contribution in [-0.2, 0) is 27.8 Å². The van der Waals surface area contributed by atoms with Crippen molar-refractivity contribution in [2.75, 3.05) is 42.6 Å². The normalized spacial score (nSPS) is 12.7. The summed E-state index contributed by atoms with van der Waals surface area (Å²) in [6, 6.07) is 37.0. The zero-order valence-corrected chi connectivity index (χ0v) is 37.0. The number of carbonyl (C=O) groups excluding carboxylic acids is 2. The van der Waals surface area contributed by atoms with Gasteiger partial charge in [0.25, 0.3) is 15.9 Å². The lowest BCUT2D eigenvalue weighted by Gasteiger charge is -2.24. The highest BCUT2D eigenvalue weighted by molar-refractivity contribution is 7.99. The van der Waals surface area contributed by atoms with Crippen molar-refractivity contribution in [2.24, 2.45) is 0 Å². The SMILES string of the molecule is CC(C)(O)CNCC[C@H](CSc1ccccc1)Nc1ccc(S(=O)(=O)NC(=O)c2ccc(NCCNCc3ccccc3-c3ccc(Cl)cc3)cc2)cc1CC(O)CCC=O. The minimum absolute atomic E-state index is 0.0792. The highest BCUT2D eigenvalue weighted by Crippen LogP contribution is 2.28. The van der Waals surface area contributed by atoms with Gasteiger partial charge in [0.2, 0.25) is 0 Å². The molecule has 1 amide bonds. The number of sulfonamides is 1. The largest absolute Gasteiger partial charge is 0.393 e. The molecule has 5 rings (SSSR count). The molecule has 0 bridgehead atoms. The fraction of sp³-hybridized carbons (Fsp3) is 0.319. The molecule has 5 aromatic carbocycles. The molecule has 14 heteroatoms. The van der Waals surface area contributed by atoms with Crippen LogP contribution in [-0.4, -0.2) is 80.5 Å². The monoisotopic (exact) mass is 885 g/mol. The first-order chi connectivity index (χ1) is 29.3. The molecule has 61 heavy (non-hydrogen) atoms. The van der Waals surface area contributed by atoms with E-state index in [4.69, 9.17) is 11.6 Å². The van der Waals surface area contributed by atoms with Crippen LogP contribution in [0.15, 0.2) is 131 Å². The number of hydrogen-bond acceptors (Lipinski definition) is 11. The van der Waals surface area contributed by atoms with Crippen LogP contribution in [0.3, 0.4) is 0 Å². The van der Waals surface area contributed by atoms with Crippen LogP contribution in [0.4, 0.5) is 11.4 Å².